The molecular formula is C27H18BrN3O5. The van der Waals surface area contributed by atoms with Gasteiger partial charge in [0.15, 0.2) is 5.76 Å². The van der Waals surface area contributed by atoms with Crippen molar-refractivity contribution in [1.29, 1.82) is 0 Å². The SMILES string of the molecule is O=C(N/N=C\c1cc(Br)ccc1OCc1ccc2ccccc2c1)c1cc2cc([N+](=O)[O-])ccc2o1. The number of non-ortho nitro benzene ring substituents is 1. The summed E-state index contributed by atoms with van der Waals surface area (Å²) in [4.78, 5) is 22.9. The molecule has 178 valence electrons. The van der Waals surface area contributed by atoms with Gasteiger partial charge in [-0.1, -0.05) is 52.3 Å². The van der Waals surface area contributed by atoms with E-state index in [2.05, 4.69) is 50.7 Å². The van der Waals surface area contributed by atoms with E-state index in [0.29, 0.717) is 28.9 Å². The Kier molecular flexibility index (Phi) is 6.46. The minimum atomic E-state index is -0.585. The Labute approximate surface area is 213 Å². The minimum Gasteiger partial charge on any atom is -0.488 e. The number of hydrogen-bond donors (Lipinski definition) is 1. The fraction of sp³-hybridized carbons (Fsp3) is 0.0370. The summed E-state index contributed by atoms with van der Waals surface area (Å²) in [6, 6.07) is 25.4. The monoisotopic (exact) mass is 543 g/mol. The highest BCUT2D eigenvalue weighted by molar-refractivity contribution is 9.10. The fourth-order valence-electron chi connectivity index (χ4n) is 3.71. The van der Waals surface area contributed by atoms with Crippen molar-refractivity contribution in [3.63, 3.8) is 0 Å². The van der Waals surface area contributed by atoms with E-state index in [4.69, 9.17) is 9.15 Å². The number of carbonyl (C=O) groups is 1. The molecule has 1 amide bonds. The largest absolute Gasteiger partial charge is 0.488 e. The molecule has 1 aromatic heterocycles. The highest BCUT2D eigenvalue weighted by atomic mass is 79.9. The summed E-state index contributed by atoms with van der Waals surface area (Å²) < 4.78 is 12.4. The highest BCUT2D eigenvalue weighted by Gasteiger charge is 2.15. The molecule has 0 unspecified atom stereocenters. The van der Waals surface area contributed by atoms with Crippen molar-refractivity contribution in [3.8, 4) is 5.75 Å². The number of nitro benzene ring substituents is 1. The second-order valence-corrected chi connectivity index (χ2v) is 8.86. The number of nitro groups is 1. The normalized spacial score (nSPS) is 11.2. The maximum absolute atomic E-state index is 12.5. The third-order valence-electron chi connectivity index (χ3n) is 5.48. The van der Waals surface area contributed by atoms with Crippen LogP contribution in [0.5, 0.6) is 5.75 Å². The quantitative estimate of drug-likeness (QED) is 0.141. The van der Waals surface area contributed by atoms with Gasteiger partial charge in [0.25, 0.3) is 5.69 Å². The number of amides is 1. The number of nitrogens with one attached hydrogen (secondary N) is 1. The highest BCUT2D eigenvalue weighted by Crippen LogP contribution is 2.25. The zero-order valence-electron chi connectivity index (χ0n) is 18.7. The van der Waals surface area contributed by atoms with Crippen LogP contribution in [-0.2, 0) is 6.61 Å². The van der Waals surface area contributed by atoms with Gasteiger partial charge in [0.05, 0.1) is 11.1 Å². The van der Waals surface area contributed by atoms with Crippen molar-refractivity contribution in [2.75, 3.05) is 0 Å². The van der Waals surface area contributed by atoms with E-state index in [-0.39, 0.29) is 11.4 Å². The number of hydrogen-bond acceptors (Lipinski definition) is 6. The van der Waals surface area contributed by atoms with Gasteiger partial charge in [0.2, 0.25) is 0 Å². The fourth-order valence-corrected chi connectivity index (χ4v) is 4.09. The van der Waals surface area contributed by atoms with E-state index in [1.54, 1.807) is 0 Å². The minimum absolute atomic E-state index is 0.00957. The van der Waals surface area contributed by atoms with Gasteiger partial charge in [0, 0.05) is 27.6 Å². The Balaban J connectivity index is 1.28. The Bertz CT molecular complexity index is 1640. The summed E-state index contributed by atoms with van der Waals surface area (Å²) in [6.45, 7) is 0.366. The molecule has 0 aliphatic heterocycles. The van der Waals surface area contributed by atoms with Gasteiger partial charge in [0.1, 0.15) is 17.9 Å². The third kappa shape index (κ3) is 5.11. The molecule has 1 heterocycles. The number of hydrazone groups is 1. The Morgan fingerprint density at radius 1 is 1.00 bits per heavy atom. The van der Waals surface area contributed by atoms with Crippen LogP contribution in [0, 0.1) is 10.1 Å². The number of furan rings is 1. The predicted molar refractivity (Wildman–Crippen MR) is 140 cm³/mol. The van der Waals surface area contributed by atoms with Crippen LogP contribution in [-0.4, -0.2) is 17.0 Å². The van der Waals surface area contributed by atoms with Crippen LogP contribution < -0.4 is 10.2 Å². The van der Waals surface area contributed by atoms with Crippen molar-refractivity contribution in [3.05, 3.63) is 116 Å². The van der Waals surface area contributed by atoms with Crippen LogP contribution in [0.2, 0.25) is 0 Å². The van der Waals surface area contributed by atoms with Gasteiger partial charge in [-0.3, -0.25) is 14.9 Å². The van der Waals surface area contributed by atoms with Gasteiger partial charge in [-0.25, -0.2) is 5.43 Å². The summed E-state index contributed by atoms with van der Waals surface area (Å²) in [5, 5.41) is 17.7. The van der Waals surface area contributed by atoms with E-state index in [1.807, 2.05) is 36.4 Å². The van der Waals surface area contributed by atoms with Crippen LogP contribution in [0.3, 0.4) is 0 Å². The average Bonchev–Trinajstić information content (AvgIpc) is 3.32. The maximum atomic E-state index is 12.5. The van der Waals surface area contributed by atoms with Crippen LogP contribution in [0.25, 0.3) is 21.7 Å². The molecule has 0 aliphatic carbocycles. The summed E-state index contributed by atoms with van der Waals surface area (Å²) >= 11 is 3.45. The Morgan fingerprint density at radius 3 is 2.67 bits per heavy atom. The number of benzene rings is 4. The lowest BCUT2D eigenvalue weighted by molar-refractivity contribution is -0.384. The molecule has 5 aromatic rings. The number of fused-ring (bicyclic) bond motifs is 2. The molecule has 0 saturated carbocycles. The number of rotatable bonds is 7. The molecule has 0 radical (unpaired) electrons. The van der Waals surface area contributed by atoms with E-state index >= 15 is 0 Å². The van der Waals surface area contributed by atoms with E-state index in [9.17, 15) is 14.9 Å². The maximum Gasteiger partial charge on any atom is 0.307 e. The molecule has 5 rings (SSSR count). The molecule has 4 aromatic carbocycles. The van der Waals surface area contributed by atoms with Crippen LogP contribution in [0.4, 0.5) is 5.69 Å². The van der Waals surface area contributed by atoms with Crippen molar-refractivity contribution >= 4 is 55.5 Å². The molecule has 0 atom stereocenters. The van der Waals surface area contributed by atoms with Crippen LogP contribution in [0.15, 0.2) is 98.9 Å². The second kappa shape index (κ2) is 10.0. The van der Waals surface area contributed by atoms with Crippen molar-refractivity contribution in [2.24, 2.45) is 5.10 Å². The van der Waals surface area contributed by atoms with Crippen LogP contribution >= 0.6 is 15.9 Å². The van der Waals surface area contributed by atoms with Crippen LogP contribution in [0.1, 0.15) is 21.7 Å². The predicted octanol–water partition coefficient (Wildman–Crippen LogP) is 6.60. The van der Waals surface area contributed by atoms with E-state index < -0.39 is 10.8 Å². The number of nitrogens with zero attached hydrogens (tertiary/aromatic N) is 2. The number of halogens is 1. The molecule has 0 bridgehead atoms. The van der Waals surface area contributed by atoms with Gasteiger partial charge in [-0.05, 0) is 52.7 Å². The molecule has 8 nitrogen and oxygen atoms in total. The lowest BCUT2D eigenvalue weighted by atomic mass is 10.1. The summed E-state index contributed by atoms with van der Waals surface area (Å²) in [5.41, 5.74) is 4.38. The molecule has 1 N–H and O–H groups in total. The van der Waals surface area contributed by atoms with Crippen molar-refractivity contribution in [1.82, 2.24) is 5.43 Å². The molecule has 0 spiro atoms. The summed E-state index contributed by atoms with van der Waals surface area (Å²) in [6.07, 6.45) is 1.48. The standard InChI is InChI=1S/C27H18BrN3O5/c28-22-7-9-24(35-16-17-5-6-18-3-1-2-4-19(18)11-17)21(12-22)15-29-30-27(32)26-14-20-13-23(31(33)34)8-10-25(20)36-26/h1-15H,16H2,(H,30,32)/b29-15-. The average molecular weight is 544 g/mol. The second-order valence-electron chi connectivity index (χ2n) is 7.94. The molecule has 9 heteroatoms. The van der Waals surface area contributed by atoms with Crippen molar-refractivity contribution in [2.45, 2.75) is 6.61 Å². The molecule has 36 heavy (non-hydrogen) atoms. The molecule has 0 saturated heterocycles. The van der Waals surface area contributed by atoms with Crippen molar-refractivity contribution < 1.29 is 18.9 Å². The topological polar surface area (TPSA) is 107 Å². The summed E-state index contributed by atoms with van der Waals surface area (Å²) in [5.74, 6) is 0.00352. The van der Waals surface area contributed by atoms with Gasteiger partial charge in [-0.2, -0.15) is 5.10 Å². The number of carbonyl (C=O) groups excluding carboxylic acids is 1. The summed E-state index contributed by atoms with van der Waals surface area (Å²) in [7, 11) is 0. The van der Waals surface area contributed by atoms with E-state index in [0.717, 1.165) is 20.8 Å². The van der Waals surface area contributed by atoms with E-state index in [1.165, 1.54) is 30.5 Å². The first-order valence-corrected chi connectivity index (χ1v) is 11.7. The first-order valence-electron chi connectivity index (χ1n) is 10.9. The first-order chi connectivity index (χ1) is 17.5. The zero-order valence-corrected chi connectivity index (χ0v) is 20.3. The Morgan fingerprint density at radius 2 is 1.83 bits per heavy atom. The smallest absolute Gasteiger partial charge is 0.307 e. The molecule has 0 aliphatic rings. The van der Waals surface area contributed by atoms with Gasteiger partial charge in [-0.15, -0.1) is 0 Å². The number of ether oxygens (including phenoxy) is 1. The lowest BCUT2D eigenvalue weighted by Gasteiger charge is -2.10. The molecular weight excluding hydrogens is 526 g/mol. The third-order valence-corrected chi connectivity index (χ3v) is 5.98. The molecule has 0 fully saturated rings. The lowest BCUT2D eigenvalue weighted by Crippen LogP contribution is -2.16. The van der Waals surface area contributed by atoms with Gasteiger partial charge < -0.3 is 9.15 Å². The zero-order chi connectivity index (χ0) is 25.1. The first kappa shape index (κ1) is 23.3. The Hall–Kier alpha value is -4.50. The van der Waals surface area contributed by atoms with Gasteiger partial charge >= 0.3 is 5.91 Å².